The molecule has 0 saturated heterocycles. The number of hydrogen-bond acceptors (Lipinski definition) is 2. The Morgan fingerprint density at radius 3 is 2.44 bits per heavy atom. The lowest BCUT2D eigenvalue weighted by molar-refractivity contribution is -0.142. The Morgan fingerprint density at radius 1 is 1.08 bits per heavy atom. The molecule has 1 unspecified atom stereocenters. The zero-order valence-electron chi connectivity index (χ0n) is 14.2. The van der Waals surface area contributed by atoms with Crippen molar-refractivity contribution in [3.8, 4) is 11.3 Å². The maximum absolute atomic E-state index is 11.3. The average molecular weight is 356 g/mol. The van der Waals surface area contributed by atoms with Gasteiger partial charge in [-0.1, -0.05) is 55.5 Å². The summed E-state index contributed by atoms with van der Waals surface area (Å²) in [5.41, 5.74) is 4.14. The van der Waals surface area contributed by atoms with Crippen molar-refractivity contribution in [1.29, 1.82) is 0 Å². The first-order valence-electron chi connectivity index (χ1n) is 8.36. The number of benzene rings is 2. The number of aliphatic carboxylic acids is 1. The minimum atomic E-state index is -0.709. The molecule has 3 nitrogen and oxygen atoms in total. The Hall–Kier alpha value is -2.39. The fraction of sp³-hybridized carbons (Fsp3) is 0.238. The molecule has 0 fully saturated rings. The largest absolute Gasteiger partial charge is 0.481 e. The molecule has 25 heavy (non-hydrogen) atoms. The zero-order chi connectivity index (χ0) is 16.9. The van der Waals surface area contributed by atoms with Crippen LogP contribution in [0.4, 0.5) is 0 Å². The van der Waals surface area contributed by atoms with E-state index < -0.39 is 5.97 Å². The Bertz CT molecular complexity index is 849. The maximum Gasteiger partial charge on any atom is 0.306 e. The van der Waals surface area contributed by atoms with Crippen LogP contribution in [-0.4, -0.2) is 16.1 Å². The summed E-state index contributed by atoms with van der Waals surface area (Å²) >= 11 is 0. The molecule has 1 atom stereocenters. The first-order valence-corrected chi connectivity index (χ1v) is 8.36. The van der Waals surface area contributed by atoms with Crippen LogP contribution < -0.4 is 0 Å². The highest BCUT2D eigenvalue weighted by Crippen LogP contribution is 2.26. The van der Waals surface area contributed by atoms with Gasteiger partial charge in [-0.2, -0.15) is 0 Å². The van der Waals surface area contributed by atoms with Crippen LogP contribution in [0.3, 0.4) is 0 Å². The van der Waals surface area contributed by atoms with Gasteiger partial charge in [0.25, 0.3) is 0 Å². The van der Waals surface area contributed by atoms with E-state index in [2.05, 4.69) is 12.1 Å². The van der Waals surface area contributed by atoms with E-state index in [1.165, 1.54) is 5.56 Å². The standard InChI is InChI=1S/C21H21NO2.ClH/c1-2-15(21(23)24)12-13-17-14-20(16-8-4-3-5-9-16)22-19-11-7-6-10-18(17)19;/h3-11,14-15H,2,12-13H2,1H3,(H,23,24);1H. The van der Waals surface area contributed by atoms with Crippen LogP contribution >= 0.6 is 12.4 Å². The molecule has 0 amide bonds. The molecule has 130 valence electrons. The predicted octanol–water partition coefficient (Wildman–Crippen LogP) is 5.37. The number of para-hydroxylation sites is 1. The van der Waals surface area contributed by atoms with Gasteiger partial charge in [-0.3, -0.25) is 4.79 Å². The number of carboxylic acids is 1. The van der Waals surface area contributed by atoms with E-state index in [-0.39, 0.29) is 18.3 Å². The molecule has 2 aromatic carbocycles. The van der Waals surface area contributed by atoms with Crippen LogP contribution in [0.5, 0.6) is 0 Å². The summed E-state index contributed by atoms with van der Waals surface area (Å²) in [5, 5.41) is 10.4. The van der Waals surface area contributed by atoms with Crippen molar-refractivity contribution >= 4 is 29.3 Å². The highest BCUT2D eigenvalue weighted by molar-refractivity contribution is 5.85. The molecular formula is C21H22ClNO2. The average Bonchev–Trinajstić information content (AvgIpc) is 2.62. The summed E-state index contributed by atoms with van der Waals surface area (Å²) in [6, 6.07) is 20.3. The first kappa shape index (κ1) is 18.9. The van der Waals surface area contributed by atoms with Crippen molar-refractivity contribution in [3.63, 3.8) is 0 Å². The molecule has 0 aliphatic carbocycles. The Morgan fingerprint density at radius 2 is 1.76 bits per heavy atom. The van der Waals surface area contributed by atoms with E-state index in [0.29, 0.717) is 12.8 Å². The van der Waals surface area contributed by atoms with Gasteiger partial charge in [0.05, 0.1) is 17.1 Å². The molecule has 4 heteroatoms. The number of aromatic nitrogens is 1. The van der Waals surface area contributed by atoms with Crippen LogP contribution in [0.1, 0.15) is 25.3 Å². The summed E-state index contributed by atoms with van der Waals surface area (Å²) in [5.74, 6) is -1.00. The molecule has 0 bridgehead atoms. The van der Waals surface area contributed by atoms with Crippen molar-refractivity contribution in [2.24, 2.45) is 5.92 Å². The van der Waals surface area contributed by atoms with Gasteiger partial charge in [0, 0.05) is 10.9 Å². The molecule has 0 radical (unpaired) electrons. The number of pyridine rings is 1. The summed E-state index contributed by atoms with van der Waals surface area (Å²) in [6.45, 7) is 1.93. The minimum Gasteiger partial charge on any atom is -0.481 e. The second-order valence-corrected chi connectivity index (χ2v) is 6.03. The normalized spacial score (nSPS) is 11.7. The zero-order valence-corrected chi connectivity index (χ0v) is 15.0. The second-order valence-electron chi connectivity index (χ2n) is 6.03. The monoisotopic (exact) mass is 355 g/mol. The number of halogens is 1. The highest BCUT2D eigenvalue weighted by atomic mass is 35.5. The smallest absolute Gasteiger partial charge is 0.306 e. The molecule has 1 heterocycles. The number of aryl methyl sites for hydroxylation is 1. The van der Waals surface area contributed by atoms with Crippen molar-refractivity contribution in [1.82, 2.24) is 4.98 Å². The fourth-order valence-corrected chi connectivity index (χ4v) is 3.04. The van der Waals surface area contributed by atoms with E-state index in [1.807, 2.05) is 55.5 Å². The molecular weight excluding hydrogens is 334 g/mol. The van der Waals surface area contributed by atoms with E-state index in [0.717, 1.165) is 28.6 Å². The van der Waals surface area contributed by atoms with Gasteiger partial charge in [0.15, 0.2) is 0 Å². The van der Waals surface area contributed by atoms with Gasteiger partial charge < -0.3 is 5.11 Å². The SMILES string of the molecule is CCC(CCc1cc(-c2ccccc2)nc2ccccc12)C(=O)O.Cl. The van der Waals surface area contributed by atoms with Gasteiger partial charge in [-0.15, -0.1) is 12.4 Å². The number of carbonyl (C=O) groups is 1. The number of nitrogens with zero attached hydrogens (tertiary/aromatic N) is 1. The summed E-state index contributed by atoms with van der Waals surface area (Å²) in [7, 11) is 0. The third-order valence-electron chi connectivity index (χ3n) is 4.48. The second kappa shape index (κ2) is 8.63. The van der Waals surface area contributed by atoms with Crippen LogP contribution in [-0.2, 0) is 11.2 Å². The number of hydrogen-bond donors (Lipinski definition) is 1. The third-order valence-corrected chi connectivity index (χ3v) is 4.48. The predicted molar refractivity (Wildman–Crippen MR) is 104 cm³/mol. The van der Waals surface area contributed by atoms with E-state index >= 15 is 0 Å². The number of fused-ring (bicyclic) bond motifs is 1. The van der Waals surface area contributed by atoms with Crippen molar-refractivity contribution in [2.75, 3.05) is 0 Å². The summed E-state index contributed by atoms with van der Waals surface area (Å²) < 4.78 is 0. The van der Waals surface area contributed by atoms with Crippen LogP contribution in [0, 0.1) is 5.92 Å². The Kier molecular flexibility index (Phi) is 6.54. The van der Waals surface area contributed by atoms with Gasteiger partial charge in [-0.05, 0) is 37.0 Å². The molecule has 0 aliphatic rings. The Labute approximate surface area is 154 Å². The lowest BCUT2D eigenvalue weighted by atomic mass is 9.94. The van der Waals surface area contributed by atoms with Crippen molar-refractivity contribution in [3.05, 3.63) is 66.2 Å². The molecule has 0 saturated carbocycles. The topological polar surface area (TPSA) is 50.2 Å². The van der Waals surface area contributed by atoms with Crippen LogP contribution in [0.25, 0.3) is 22.2 Å². The van der Waals surface area contributed by atoms with Crippen LogP contribution in [0.2, 0.25) is 0 Å². The van der Waals surface area contributed by atoms with Crippen molar-refractivity contribution in [2.45, 2.75) is 26.2 Å². The Balaban J connectivity index is 0.00000225. The number of rotatable bonds is 6. The first-order chi connectivity index (χ1) is 11.7. The fourth-order valence-electron chi connectivity index (χ4n) is 3.04. The number of carboxylic acid groups (broad SMARTS) is 1. The van der Waals surface area contributed by atoms with E-state index in [9.17, 15) is 9.90 Å². The van der Waals surface area contributed by atoms with Crippen molar-refractivity contribution < 1.29 is 9.90 Å². The maximum atomic E-state index is 11.3. The molecule has 1 N–H and O–H groups in total. The van der Waals surface area contributed by atoms with Crippen LogP contribution in [0.15, 0.2) is 60.7 Å². The summed E-state index contributed by atoms with van der Waals surface area (Å²) in [6.07, 6.45) is 2.05. The van der Waals surface area contributed by atoms with Gasteiger partial charge in [0.2, 0.25) is 0 Å². The molecule has 1 aromatic heterocycles. The summed E-state index contributed by atoms with van der Waals surface area (Å²) in [4.78, 5) is 16.1. The minimum absolute atomic E-state index is 0. The third kappa shape index (κ3) is 4.37. The molecule has 3 aromatic rings. The lowest BCUT2D eigenvalue weighted by Gasteiger charge is -2.13. The molecule has 3 rings (SSSR count). The lowest BCUT2D eigenvalue weighted by Crippen LogP contribution is -2.13. The van der Waals surface area contributed by atoms with Gasteiger partial charge in [-0.25, -0.2) is 4.98 Å². The highest BCUT2D eigenvalue weighted by Gasteiger charge is 2.16. The quantitative estimate of drug-likeness (QED) is 0.646. The van der Waals surface area contributed by atoms with Gasteiger partial charge >= 0.3 is 5.97 Å². The molecule has 0 spiro atoms. The van der Waals surface area contributed by atoms with Gasteiger partial charge in [0.1, 0.15) is 0 Å². The van der Waals surface area contributed by atoms with E-state index in [4.69, 9.17) is 4.98 Å². The van der Waals surface area contributed by atoms with E-state index in [1.54, 1.807) is 0 Å². The molecule has 0 aliphatic heterocycles.